The molecule has 2 aromatic rings. The predicted octanol–water partition coefficient (Wildman–Crippen LogP) is 2.99. The molecule has 0 aliphatic heterocycles. The van der Waals surface area contributed by atoms with Crippen LogP contribution in [0.5, 0.6) is 5.88 Å². The van der Waals surface area contributed by atoms with Gasteiger partial charge in [-0.1, -0.05) is 0 Å². The fraction of sp³-hybridized carbons (Fsp3) is 0.478. The molecule has 0 aliphatic rings. The molecule has 1 aromatic heterocycles. The molecule has 38 heavy (non-hydrogen) atoms. The first-order chi connectivity index (χ1) is 17.6. The van der Waals surface area contributed by atoms with Crippen LogP contribution in [-0.4, -0.2) is 87.1 Å². The molecule has 0 fully saturated rings. The predicted molar refractivity (Wildman–Crippen MR) is 134 cm³/mol. The molecule has 0 amide bonds. The van der Waals surface area contributed by atoms with Crippen molar-refractivity contribution in [2.75, 3.05) is 54.9 Å². The Kier molecular flexibility index (Phi) is 10.2. The number of aromatic nitrogens is 1. The zero-order valence-electron chi connectivity index (χ0n) is 21.7. The number of hydrogen-bond donors (Lipinski definition) is 1. The summed E-state index contributed by atoms with van der Waals surface area (Å²) in [6, 6.07) is 6.20. The van der Waals surface area contributed by atoms with E-state index in [0.29, 0.717) is 24.1 Å². The number of benzene rings is 1. The average molecular weight is 558 g/mol. The molecule has 208 valence electrons. The zero-order valence-corrected chi connectivity index (χ0v) is 22.5. The molecule has 1 heterocycles. The van der Waals surface area contributed by atoms with E-state index >= 15 is 0 Å². The number of rotatable bonds is 11. The van der Waals surface area contributed by atoms with E-state index in [1.54, 1.807) is 33.1 Å². The number of hydrogen-bond acceptors (Lipinski definition) is 9. The Morgan fingerprint density at radius 2 is 1.58 bits per heavy atom. The first-order valence-electron chi connectivity index (χ1n) is 11.4. The van der Waals surface area contributed by atoms with Crippen molar-refractivity contribution in [1.29, 1.82) is 5.26 Å². The van der Waals surface area contributed by atoms with Crippen molar-refractivity contribution in [2.45, 2.75) is 24.0 Å². The molecule has 0 bridgehead atoms. The van der Waals surface area contributed by atoms with Crippen LogP contribution < -0.4 is 5.56 Å². The van der Waals surface area contributed by atoms with E-state index in [0.717, 1.165) is 4.31 Å². The highest BCUT2D eigenvalue weighted by Gasteiger charge is 2.41. The Balaban J connectivity index is 2.51. The van der Waals surface area contributed by atoms with Crippen LogP contribution in [-0.2, 0) is 22.7 Å². The second-order valence-electron chi connectivity index (χ2n) is 8.97. The fourth-order valence-corrected chi connectivity index (χ4v) is 4.52. The molecule has 1 N–H and O–H groups in total. The molecule has 15 heteroatoms. The van der Waals surface area contributed by atoms with Crippen LogP contribution in [0.3, 0.4) is 0 Å². The number of nitriles is 1. The lowest BCUT2D eigenvalue weighted by Crippen LogP contribution is -2.33. The topological polar surface area (TPSA) is 135 Å². The normalized spacial score (nSPS) is 12.7. The van der Waals surface area contributed by atoms with E-state index < -0.39 is 44.5 Å². The van der Waals surface area contributed by atoms with Gasteiger partial charge in [-0.15, -0.1) is 5.11 Å². The van der Waals surface area contributed by atoms with Gasteiger partial charge in [-0.25, -0.2) is 8.42 Å². The first-order valence-corrected chi connectivity index (χ1v) is 12.8. The zero-order chi connectivity index (χ0) is 28.8. The third-order valence-electron chi connectivity index (χ3n) is 5.47. The van der Waals surface area contributed by atoms with E-state index in [4.69, 9.17) is 0 Å². The summed E-state index contributed by atoms with van der Waals surface area (Å²) in [6.07, 6.45) is -4.89. The second kappa shape index (κ2) is 12.5. The minimum absolute atomic E-state index is 0.0295. The molecule has 0 radical (unpaired) electrons. The smallest absolute Gasteiger partial charge is 0.420 e. The quantitative estimate of drug-likeness (QED) is 0.420. The number of pyridine rings is 1. The SMILES string of the molecule is CN(C)CCCn1c(O)c(C#N)c(C(F)(F)F)c(N=Nc2ccc(S(=O)(=O)N(C)CCN(C)C)cc2)c1=O. The minimum Gasteiger partial charge on any atom is -0.493 e. The van der Waals surface area contributed by atoms with E-state index in [9.17, 15) is 36.8 Å². The van der Waals surface area contributed by atoms with Gasteiger partial charge in [0.05, 0.1) is 10.6 Å². The van der Waals surface area contributed by atoms with Crippen molar-refractivity contribution in [3.8, 4) is 11.9 Å². The molecule has 0 spiro atoms. The Morgan fingerprint density at radius 3 is 2.08 bits per heavy atom. The fourth-order valence-electron chi connectivity index (χ4n) is 3.36. The van der Waals surface area contributed by atoms with Crippen molar-refractivity contribution in [1.82, 2.24) is 18.7 Å². The van der Waals surface area contributed by atoms with Gasteiger partial charge < -0.3 is 14.9 Å². The maximum absolute atomic E-state index is 13.9. The number of sulfonamides is 1. The van der Waals surface area contributed by atoms with E-state index in [1.165, 1.54) is 37.4 Å². The summed E-state index contributed by atoms with van der Waals surface area (Å²) in [5, 5.41) is 26.8. The first kappa shape index (κ1) is 30.9. The Morgan fingerprint density at radius 1 is 1.00 bits per heavy atom. The maximum atomic E-state index is 13.9. The summed E-state index contributed by atoms with van der Waals surface area (Å²) in [6.45, 7) is 1.03. The summed E-state index contributed by atoms with van der Waals surface area (Å²) >= 11 is 0. The Bertz CT molecular complexity index is 1360. The van der Waals surface area contributed by atoms with Gasteiger partial charge in [0.2, 0.25) is 15.9 Å². The van der Waals surface area contributed by atoms with Crippen molar-refractivity contribution < 1.29 is 26.7 Å². The molecule has 0 saturated heterocycles. The molecule has 11 nitrogen and oxygen atoms in total. The van der Waals surface area contributed by atoms with Gasteiger partial charge in [0.15, 0.2) is 5.69 Å². The summed E-state index contributed by atoms with van der Waals surface area (Å²) in [5.41, 5.74) is -5.29. The number of aromatic hydroxyl groups is 1. The molecule has 1 aromatic carbocycles. The van der Waals surface area contributed by atoms with Crippen LogP contribution in [0.15, 0.2) is 44.2 Å². The number of alkyl halides is 3. The average Bonchev–Trinajstić information content (AvgIpc) is 2.83. The summed E-state index contributed by atoms with van der Waals surface area (Å²) in [5.74, 6) is -1.10. The van der Waals surface area contributed by atoms with Gasteiger partial charge in [-0.3, -0.25) is 9.36 Å². The van der Waals surface area contributed by atoms with E-state index in [-0.39, 0.29) is 23.7 Å². The van der Waals surface area contributed by atoms with Gasteiger partial charge in [0, 0.05) is 26.7 Å². The lowest BCUT2D eigenvalue weighted by Gasteiger charge is -2.19. The van der Waals surface area contributed by atoms with Crippen LogP contribution in [0.1, 0.15) is 17.5 Å². The van der Waals surface area contributed by atoms with Crippen LogP contribution in [0.25, 0.3) is 0 Å². The van der Waals surface area contributed by atoms with Crippen molar-refractivity contribution in [2.24, 2.45) is 10.2 Å². The highest BCUT2D eigenvalue weighted by atomic mass is 32.2. The van der Waals surface area contributed by atoms with Crippen molar-refractivity contribution in [3.05, 3.63) is 45.7 Å². The molecular formula is C23H30F3N7O4S. The van der Waals surface area contributed by atoms with Crippen molar-refractivity contribution in [3.63, 3.8) is 0 Å². The van der Waals surface area contributed by atoms with Gasteiger partial charge in [-0.2, -0.15) is 27.9 Å². The third kappa shape index (κ3) is 7.38. The lowest BCUT2D eigenvalue weighted by molar-refractivity contribution is -0.137. The summed E-state index contributed by atoms with van der Waals surface area (Å²) in [4.78, 5) is 16.5. The molecular weight excluding hydrogens is 527 g/mol. The summed E-state index contributed by atoms with van der Waals surface area (Å²) in [7, 11) is 4.72. The van der Waals surface area contributed by atoms with Crippen molar-refractivity contribution >= 4 is 21.4 Å². The maximum Gasteiger partial charge on any atom is 0.420 e. The molecule has 0 saturated carbocycles. The van der Waals surface area contributed by atoms with Gasteiger partial charge in [0.25, 0.3) is 5.56 Å². The largest absolute Gasteiger partial charge is 0.493 e. The summed E-state index contributed by atoms with van der Waals surface area (Å²) < 4.78 is 68.8. The Hall–Kier alpha value is -3.32. The molecule has 0 aliphatic carbocycles. The number of halogens is 3. The van der Waals surface area contributed by atoms with E-state index in [2.05, 4.69) is 10.2 Å². The second-order valence-corrected chi connectivity index (χ2v) is 11.0. The minimum atomic E-state index is -5.19. The highest BCUT2D eigenvalue weighted by molar-refractivity contribution is 7.89. The number of likely N-dealkylation sites (N-methyl/N-ethyl adjacent to an activating group) is 2. The Labute approximate surface area is 219 Å². The van der Waals surface area contributed by atoms with Gasteiger partial charge in [-0.05, 0) is 65.4 Å². The molecule has 0 atom stereocenters. The molecule has 2 rings (SSSR count). The monoisotopic (exact) mass is 557 g/mol. The van der Waals surface area contributed by atoms with Crippen LogP contribution in [0.2, 0.25) is 0 Å². The van der Waals surface area contributed by atoms with E-state index in [1.807, 2.05) is 4.90 Å². The lowest BCUT2D eigenvalue weighted by atomic mass is 10.1. The van der Waals surface area contributed by atoms with Gasteiger partial charge >= 0.3 is 6.18 Å². The van der Waals surface area contributed by atoms with Crippen LogP contribution in [0.4, 0.5) is 24.5 Å². The molecule has 0 unspecified atom stereocenters. The number of nitrogens with zero attached hydrogens (tertiary/aromatic N) is 7. The third-order valence-corrected chi connectivity index (χ3v) is 7.34. The highest BCUT2D eigenvalue weighted by Crippen LogP contribution is 2.40. The number of azo groups is 1. The standard InChI is InChI=1S/C23H30F3N7O4S/c1-30(2)11-6-12-33-21(34)18(15-27)19(23(24,25)26)20(22(33)35)29-28-16-7-9-17(10-8-16)38(36,37)32(5)14-13-31(3)4/h7-10,34H,6,11-14H2,1-5H3. The van der Waals surface area contributed by atoms with Crippen LogP contribution in [0, 0.1) is 11.3 Å². The van der Waals surface area contributed by atoms with Crippen LogP contribution >= 0.6 is 0 Å². The van der Waals surface area contributed by atoms with Gasteiger partial charge in [0.1, 0.15) is 17.2 Å².